The molecule has 1 aliphatic rings. The quantitative estimate of drug-likeness (QED) is 0.417. The molecule has 2 N–H and O–H groups in total. The SMILES string of the molecule is CC(C)n1c(=O)ccc2c(F)cc(-c3nc(Nc4nc(C5CCNCC5)cs4)ncc3F)cc21. The van der Waals surface area contributed by atoms with Gasteiger partial charge in [0.1, 0.15) is 11.5 Å². The monoisotopic (exact) mass is 482 g/mol. The van der Waals surface area contributed by atoms with Crippen molar-refractivity contribution in [3.05, 3.63) is 63.5 Å². The third-order valence-corrected chi connectivity index (χ3v) is 6.81. The van der Waals surface area contributed by atoms with Crippen molar-refractivity contribution in [2.45, 2.75) is 38.6 Å². The summed E-state index contributed by atoms with van der Waals surface area (Å²) in [5.41, 5.74) is 1.33. The van der Waals surface area contributed by atoms with Crippen molar-refractivity contribution < 1.29 is 8.78 Å². The first-order valence-corrected chi connectivity index (χ1v) is 12.1. The molecule has 176 valence electrons. The predicted molar refractivity (Wildman–Crippen MR) is 130 cm³/mol. The Balaban J connectivity index is 1.50. The second kappa shape index (κ2) is 9.19. The molecule has 4 heterocycles. The minimum Gasteiger partial charge on any atom is -0.317 e. The molecule has 1 aliphatic heterocycles. The molecule has 1 saturated heterocycles. The van der Waals surface area contributed by atoms with E-state index in [-0.39, 0.29) is 34.2 Å². The molecule has 0 amide bonds. The van der Waals surface area contributed by atoms with Gasteiger partial charge >= 0.3 is 0 Å². The number of pyridine rings is 1. The molecule has 0 unspecified atom stereocenters. The summed E-state index contributed by atoms with van der Waals surface area (Å²) in [6.45, 7) is 5.63. The lowest BCUT2D eigenvalue weighted by Gasteiger charge is -2.20. The highest BCUT2D eigenvalue weighted by Gasteiger charge is 2.19. The summed E-state index contributed by atoms with van der Waals surface area (Å²) in [5.74, 6) is -0.663. The summed E-state index contributed by atoms with van der Waals surface area (Å²) in [4.78, 5) is 25.4. The van der Waals surface area contributed by atoms with Crippen LogP contribution in [0.15, 0.2) is 40.6 Å². The molecule has 7 nitrogen and oxygen atoms in total. The predicted octanol–water partition coefficient (Wildman–Crippen LogP) is 4.98. The maximum absolute atomic E-state index is 15.0. The highest BCUT2D eigenvalue weighted by molar-refractivity contribution is 7.13. The molecule has 0 radical (unpaired) electrons. The lowest BCUT2D eigenvalue weighted by molar-refractivity contribution is 0.455. The molecule has 0 saturated carbocycles. The number of rotatable bonds is 5. The van der Waals surface area contributed by atoms with Crippen molar-refractivity contribution in [2.75, 3.05) is 18.4 Å². The molecule has 3 aromatic heterocycles. The smallest absolute Gasteiger partial charge is 0.251 e. The zero-order valence-electron chi connectivity index (χ0n) is 18.8. The Kier molecular flexibility index (Phi) is 6.09. The van der Waals surface area contributed by atoms with Crippen molar-refractivity contribution >= 4 is 33.3 Å². The van der Waals surface area contributed by atoms with Crippen LogP contribution in [0.3, 0.4) is 0 Å². The summed E-state index contributed by atoms with van der Waals surface area (Å²) >= 11 is 1.44. The first kappa shape index (κ1) is 22.5. The number of hydrogen-bond acceptors (Lipinski definition) is 7. The van der Waals surface area contributed by atoms with Gasteiger partial charge in [-0.15, -0.1) is 11.3 Å². The second-order valence-electron chi connectivity index (χ2n) is 8.64. The van der Waals surface area contributed by atoms with Gasteiger partial charge in [0.2, 0.25) is 5.95 Å². The van der Waals surface area contributed by atoms with Crippen LogP contribution in [0.1, 0.15) is 44.3 Å². The van der Waals surface area contributed by atoms with E-state index < -0.39 is 11.6 Å². The van der Waals surface area contributed by atoms with Crippen molar-refractivity contribution in [2.24, 2.45) is 0 Å². The number of fused-ring (bicyclic) bond motifs is 1. The van der Waals surface area contributed by atoms with Crippen molar-refractivity contribution in [3.8, 4) is 11.3 Å². The van der Waals surface area contributed by atoms with Gasteiger partial charge in [-0.3, -0.25) is 4.79 Å². The van der Waals surface area contributed by atoms with Crippen LogP contribution in [0.2, 0.25) is 0 Å². The summed E-state index contributed by atoms with van der Waals surface area (Å²) in [6.07, 6.45) is 3.12. The Morgan fingerprint density at radius 1 is 1.15 bits per heavy atom. The van der Waals surface area contributed by atoms with E-state index in [1.807, 2.05) is 19.2 Å². The van der Waals surface area contributed by atoms with Gasteiger partial charge < -0.3 is 15.2 Å². The number of hydrogen-bond donors (Lipinski definition) is 2. The van der Waals surface area contributed by atoms with Crippen LogP contribution in [0, 0.1) is 11.6 Å². The summed E-state index contributed by atoms with van der Waals surface area (Å²) in [6, 6.07) is 5.41. The van der Waals surface area contributed by atoms with Crippen LogP contribution in [0.4, 0.5) is 19.9 Å². The van der Waals surface area contributed by atoms with E-state index in [1.165, 1.54) is 34.1 Å². The fourth-order valence-corrected chi connectivity index (χ4v) is 5.15. The standard InChI is InChI=1S/C24H24F2N6OS/c1-13(2)32-20-10-15(9-17(25)16(20)3-4-21(32)33)22-18(26)11-28-23(30-22)31-24-29-19(12-34-24)14-5-7-27-8-6-14/h3-4,9-14,27H,5-8H2,1-2H3,(H,28,29,30,31). The van der Waals surface area contributed by atoms with Crippen molar-refractivity contribution in [3.63, 3.8) is 0 Å². The van der Waals surface area contributed by atoms with Gasteiger partial charge in [-0.2, -0.15) is 0 Å². The summed E-state index contributed by atoms with van der Waals surface area (Å²) < 4.78 is 31.2. The largest absolute Gasteiger partial charge is 0.317 e. The van der Waals surface area contributed by atoms with Crippen molar-refractivity contribution in [1.82, 2.24) is 24.8 Å². The van der Waals surface area contributed by atoms with Crippen LogP contribution in [0.25, 0.3) is 22.2 Å². The first-order chi connectivity index (χ1) is 16.4. The molecular formula is C24H24F2N6OS. The van der Waals surface area contributed by atoms with Crippen LogP contribution in [-0.4, -0.2) is 32.6 Å². The molecule has 0 atom stereocenters. The van der Waals surface area contributed by atoms with Crippen LogP contribution in [0.5, 0.6) is 0 Å². The minimum atomic E-state index is -0.687. The fourth-order valence-electron chi connectivity index (χ4n) is 4.36. The highest BCUT2D eigenvalue weighted by Crippen LogP contribution is 2.31. The van der Waals surface area contributed by atoms with Gasteiger partial charge in [0.25, 0.3) is 5.56 Å². The lowest BCUT2D eigenvalue weighted by Crippen LogP contribution is -2.26. The third kappa shape index (κ3) is 4.30. The molecule has 5 rings (SSSR count). The zero-order chi connectivity index (χ0) is 23.8. The molecule has 4 aromatic rings. The van der Waals surface area contributed by atoms with E-state index in [9.17, 15) is 13.6 Å². The molecule has 1 aromatic carbocycles. The Morgan fingerprint density at radius 3 is 2.71 bits per heavy atom. The molecule has 34 heavy (non-hydrogen) atoms. The summed E-state index contributed by atoms with van der Waals surface area (Å²) in [5, 5.41) is 9.32. The van der Waals surface area contributed by atoms with E-state index in [4.69, 9.17) is 0 Å². The average Bonchev–Trinajstić information content (AvgIpc) is 3.29. The van der Waals surface area contributed by atoms with E-state index in [1.54, 1.807) is 6.07 Å². The van der Waals surface area contributed by atoms with Crippen LogP contribution in [-0.2, 0) is 0 Å². The molecule has 0 bridgehead atoms. The zero-order valence-corrected chi connectivity index (χ0v) is 19.6. The van der Waals surface area contributed by atoms with Gasteiger partial charge in [0.05, 0.1) is 17.4 Å². The van der Waals surface area contributed by atoms with E-state index >= 15 is 0 Å². The number of nitrogens with zero attached hydrogens (tertiary/aromatic N) is 4. The number of halogens is 2. The van der Waals surface area contributed by atoms with Gasteiger partial charge in [0.15, 0.2) is 10.9 Å². The Labute approximate surface area is 198 Å². The van der Waals surface area contributed by atoms with Gasteiger partial charge in [-0.25, -0.2) is 23.7 Å². The van der Waals surface area contributed by atoms with Crippen LogP contribution >= 0.6 is 11.3 Å². The van der Waals surface area contributed by atoms with Gasteiger partial charge in [0, 0.05) is 34.4 Å². The molecule has 0 aliphatic carbocycles. The van der Waals surface area contributed by atoms with E-state index in [2.05, 4.69) is 25.6 Å². The number of aromatic nitrogens is 4. The maximum atomic E-state index is 15.0. The number of nitrogens with one attached hydrogen (secondary N) is 2. The lowest BCUT2D eigenvalue weighted by atomic mass is 9.96. The third-order valence-electron chi connectivity index (χ3n) is 6.03. The Bertz CT molecular complexity index is 1410. The first-order valence-electron chi connectivity index (χ1n) is 11.2. The number of benzene rings is 1. The highest BCUT2D eigenvalue weighted by atomic mass is 32.1. The number of piperidine rings is 1. The number of thiazole rings is 1. The molecule has 10 heteroatoms. The van der Waals surface area contributed by atoms with E-state index in [0.29, 0.717) is 16.6 Å². The van der Waals surface area contributed by atoms with Crippen LogP contribution < -0.4 is 16.2 Å². The number of anilines is 2. The molecule has 1 fully saturated rings. The normalized spacial score (nSPS) is 14.7. The Hall–Kier alpha value is -3.24. The maximum Gasteiger partial charge on any atom is 0.251 e. The average molecular weight is 483 g/mol. The topological polar surface area (TPSA) is 84.7 Å². The van der Waals surface area contributed by atoms with Crippen molar-refractivity contribution in [1.29, 1.82) is 0 Å². The van der Waals surface area contributed by atoms with E-state index in [0.717, 1.165) is 37.8 Å². The molecule has 0 spiro atoms. The summed E-state index contributed by atoms with van der Waals surface area (Å²) in [7, 11) is 0. The fraction of sp³-hybridized carbons (Fsp3) is 0.333. The van der Waals surface area contributed by atoms with Gasteiger partial charge in [-0.05, 0) is 58.0 Å². The Morgan fingerprint density at radius 2 is 1.94 bits per heavy atom. The minimum absolute atomic E-state index is 0.0555. The van der Waals surface area contributed by atoms with Gasteiger partial charge in [-0.1, -0.05) is 0 Å². The molecular weight excluding hydrogens is 458 g/mol. The second-order valence-corrected chi connectivity index (χ2v) is 9.50.